The summed E-state index contributed by atoms with van der Waals surface area (Å²) in [5, 5.41) is 7.27. The van der Waals surface area contributed by atoms with Gasteiger partial charge in [-0.25, -0.2) is 0 Å². The molecule has 3 N–H and O–H groups in total. The summed E-state index contributed by atoms with van der Waals surface area (Å²) in [7, 11) is 4.33. The number of likely N-dealkylation sites (N-methyl/N-ethyl adjacent to an activating group) is 1. The van der Waals surface area contributed by atoms with Crippen LogP contribution in [0.15, 0.2) is 54.6 Å². The minimum atomic E-state index is 0.356. The Morgan fingerprint density at radius 2 is 1.58 bits per heavy atom. The molecule has 0 aromatic heterocycles. The Labute approximate surface area is 151 Å². The average molecular weight is 343 g/mol. The van der Waals surface area contributed by atoms with Crippen molar-refractivity contribution in [3.8, 4) is 0 Å². The number of thiocarbonyl (C=S) groups is 1. The van der Waals surface area contributed by atoms with Crippen LogP contribution in [0.3, 0.4) is 0 Å². The van der Waals surface area contributed by atoms with Crippen molar-refractivity contribution in [1.29, 1.82) is 0 Å². The zero-order valence-corrected chi connectivity index (χ0v) is 15.8. The number of nitrogens with one attached hydrogen (secondary N) is 3. The van der Waals surface area contributed by atoms with E-state index in [-0.39, 0.29) is 0 Å². The highest BCUT2D eigenvalue weighted by Crippen LogP contribution is 2.17. The van der Waals surface area contributed by atoms with Crippen LogP contribution in [0.5, 0.6) is 0 Å². The van der Waals surface area contributed by atoms with Gasteiger partial charge in [0.2, 0.25) is 0 Å². The number of rotatable bonds is 6. The molecule has 0 radical (unpaired) electrons. The third-order valence-corrected chi connectivity index (χ3v) is 4.45. The molecule has 0 heterocycles. The molecule has 128 valence electrons. The van der Waals surface area contributed by atoms with E-state index in [1.165, 1.54) is 16.0 Å². The largest absolute Gasteiger partial charge is 0.356 e. The van der Waals surface area contributed by atoms with Crippen molar-refractivity contribution >= 4 is 23.0 Å². The lowest BCUT2D eigenvalue weighted by atomic mass is 10.0. The predicted octanol–water partition coefficient (Wildman–Crippen LogP) is 2.98. The van der Waals surface area contributed by atoms with Gasteiger partial charge in [-0.15, -0.1) is 0 Å². The minimum absolute atomic E-state index is 0.356. The number of hydrogen-bond acceptors (Lipinski definition) is 1. The van der Waals surface area contributed by atoms with Gasteiger partial charge >= 0.3 is 0 Å². The van der Waals surface area contributed by atoms with Crippen molar-refractivity contribution in [3.05, 3.63) is 65.7 Å². The highest BCUT2D eigenvalue weighted by Gasteiger charge is 2.17. The summed E-state index contributed by atoms with van der Waals surface area (Å²) in [6, 6.07) is 19.3. The summed E-state index contributed by atoms with van der Waals surface area (Å²) in [6.45, 7) is 5.19. The van der Waals surface area contributed by atoms with Crippen LogP contribution in [-0.2, 0) is 0 Å². The smallest absolute Gasteiger partial charge is 0.171 e. The van der Waals surface area contributed by atoms with Gasteiger partial charge < -0.3 is 15.5 Å². The summed E-state index contributed by atoms with van der Waals surface area (Å²) in [6.07, 6.45) is 0. The van der Waals surface area contributed by atoms with Crippen molar-refractivity contribution in [2.45, 2.75) is 25.8 Å². The lowest BCUT2D eigenvalue weighted by Crippen LogP contribution is -3.07. The van der Waals surface area contributed by atoms with Crippen LogP contribution < -0.4 is 15.5 Å². The third-order valence-electron chi connectivity index (χ3n) is 4.20. The lowest BCUT2D eigenvalue weighted by Gasteiger charge is -2.23. The topological polar surface area (TPSA) is 28.5 Å². The van der Waals surface area contributed by atoms with Crippen LogP contribution in [-0.4, -0.2) is 25.8 Å². The highest BCUT2D eigenvalue weighted by atomic mass is 32.1. The van der Waals surface area contributed by atoms with Gasteiger partial charge in [-0.1, -0.05) is 56.3 Å². The van der Waals surface area contributed by atoms with E-state index in [4.69, 9.17) is 12.2 Å². The molecular weight excluding hydrogens is 314 g/mol. The van der Waals surface area contributed by atoms with E-state index in [0.717, 1.165) is 12.2 Å². The molecule has 0 fully saturated rings. The Bertz CT molecular complexity index is 636. The standard InChI is InChI=1S/C20H27N3S/c1-15(2)16-10-12-18(13-11-16)22-20(24)21-14-19(23(3)4)17-8-6-5-7-9-17/h5-13,15,19H,14H2,1-4H3,(H2,21,22,24)/p+1/t19-/m0/s1. The molecule has 2 rings (SSSR count). The molecule has 0 bridgehead atoms. The van der Waals surface area contributed by atoms with Crippen LogP contribution >= 0.6 is 12.2 Å². The quantitative estimate of drug-likeness (QED) is 0.705. The van der Waals surface area contributed by atoms with Crippen molar-refractivity contribution in [2.75, 3.05) is 26.0 Å². The van der Waals surface area contributed by atoms with Crippen molar-refractivity contribution in [3.63, 3.8) is 0 Å². The monoisotopic (exact) mass is 342 g/mol. The van der Waals surface area contributed by atoms with Gasteiger partial charge in [-0.2, -0.15) is 0 Å². The lowest BCUT2D eigenvalue weighted by molar-refractivity contribution is -0.890. The highest BCUT2D eigenvalue weighted by molar-refractivity contribution is 7.80. The first-order valence-electron chi connectivity index (χ1n) is 8.47. The van der Waals surface area contributed by atoms with Gasteiger partial charge in [-0.05, 0) is 35.8 Å². The third kappa shape index (κ3) is 5.32. The zero-order valence-electron chi connectivity index (χ0n) is 15.0. The Balaban J connectivity index is 1.91. The fourth-order valence-electron chi connectivity index (χ4n) is 2.66. The molecule has 2 aromatic rings. The normalized spacial score (nSPS) is 12.2. The molecule has 2 aromatic carbocycles. The van der Waals surface area contributed by atoms with Crippen molar-refractivity contribution in [2.24, 2.45) is 0 Å². The second-order valence-electron chi connectivity index (χ2n) is 6.65. The van der Waals surface area contributed by atoms with E-state index in [9.17, 15) is 0 Å². The predicted molar refractivity (Wildman–Crippen MR) is 107 cm³/mol. The Morgan fingerprint density at radius 3 is 2.12 bits per heavy atom. The molecule has 3 nitrogen and oxygen atoms in total. The van der Waals surface area contributed by atoms with Gasteiger partial charge in [0.15, 0.2) is 5.11 Å². The summed E-state index contributed by atoms with van der Waals surface area (Å²) in [5.74, 6) is 0.541. The first kappa shape index (κ1) is 18.4. The minimum Gasteiger partial charge on any atom is -0.356 e. The molecule has 0 aliphatic carbocycles. The Morgan fingerprint density at radius 1 is 0.958 bits per heavy atom. The Kier molecular flexibility index (Phi) is 6.76. The van der Waals surface area contributed by atoms with Crippen LogP contribution in [0.4, 0.5) is 5.69 Å². The van der Waals surface area contributed by atoms with E-state index in [1.54, 1.807) is 0 Å². The van der Waals surface area contributed by atoms with Crippen LogP contribution in [0.1, 0.15) is 36.9 Å². The molecule has 24 heavy (non-hydrogen) atoms. The SMILES string of the molecule is CC(C)c1ccc(NC(=S)NC[C@@H](c2ccccc2)[NH+](C)C)cc1. The Hall–Kier alpha value is -1.91. The van der Waals surface area contributed by atoms with E-state index in [1.807, 2.05) is 6.07 Å². The second-order valence-corrected chi connectivity index (χ2v) is 7.06. The molecule has 1 atom stereocenters. The fourth-order valence-corrected chi connectivity index (χ4v) is 2.86. The van der Waals surface area contributed by atoms with Gasteiger partial charge in [0.05, 0.1) is 20.6 Å². The van der Waals surface area contributed by atoms with Crippen LogP contribution in [0.2, 0.25) is 0 Å². The van der Waals surface area contributed by atoms with Gasteiger partial charge in [0.25, 0.3) is 0 Å². The maximum absolute atomic E-state index is 5.44. The zero-order chi connectivity index (χ0) is 17.5. The molecule has 0 aliphatic rings. The summed E-state index contributed by atoms with van der Waals surface area (Å²) in [5.41, 5.74) is 3.67. The van der Waals surface area contributed by atoms with E-state index in [0.29, 0.717) is 17.1 Å². The molecular formula is C20H28N3S+. The molecule has 0 saturated carbocycles. The molecule has 0 spiro atoms. The molecule has 4 heteroatoms. The number of anilines is 1. The van der Waals surface area contributed by atoms with Gasteiger partial charge in [-0.3, -0.25) is 0 Å². The van der Waals surface area contributed by atoms with Crippen LogP contribution in [0, 0.1) is 0 Å². The number of quaternary nitrogens is 1. The molecule has 0 amide bonds. The second kappa shape index (κ2) is 8.81. The van der Waals surface area contributed by atoms with E-state index >= 15 is 0 Å². The summed E-state index contributed by atoms with van der Waals surface area (Å²) >= 11 is 5.44. The van der Waals surface area contributed by atoms with Crippen LogP contribution in [0.25, 0.3) is 0 Å². The molecule has 0 saturated heterocycles. The maximum Gasteiger partial charge on any atom is 0.171 e. The molecule has 0 unspecified atom stereocenters. The van der Waals surface area contributed by atoms with Crippen molar-refractivity contribution < 1.29 is 4.90 Å². The summed E-state index contributed by atoms with van der Waals surface area (Å²) < 4.78 is 0. The van der Waals surface area contributed by atoms with Gasteiger partial charge in [0.1, 0.15) is 6.04 Å². The summed E-state index contributed by atoms with van der Waals surface area (Å²) in [4.78, 5) is 1.37. The molecule has 0 aliphatic heterocycles. The van der Waals surface area contributed by atoms with E-state index in [2.05, 4.69) is 87.1 Å². The average Bonchev–Trinajstić information content (AvgIpc) is 2.56. The van der Waals surface area contributed by atoms with Crippen molar-refractivity contribution in [1.82, 2.24) is 5.32 Å². The van der Waals surface area contributed by atoms with Gasteiger partial charge in [0, 0.05) is 11.3 Å². The number of benzene rings is 2. The fraction of sp³-hybridized carbons (Fsp3) is 0.350. The first-order chi connectivity index (χ1) is 11.5. The first-order valence-corrected chi connectivity index (χ1v) is 8.88. The number of hydrogen-bond donors (Lipinski definition) is 3. The van der Waals surface area contributed by atoms with E-state index < -0.39 is 0 Å². The maximum atomic E-state index is 5.44.